The van der Waals surface area contributed by atoms with Crippen molar-refractivity contribution in [2.75, 3.05) is 0 Å². The highest BCUT2D eigenvalue weighted by atomic mass is 35.5. The van der Waals surface area contributed by atoms with Crippen LogP contribution in [0.5, 0.6) is 0 Å². The number of nitro benzene ring substituents is 1. The number of carbonyl (C=O) groups is 1. The predicted molar refractivity (Wildman–Crippen MR) is 72.5 cm³/mol. The van der Waals surface area contributed by atoms with Crippen LogP contribution in [0, 0.1) is 15.9 Å². The molecule has 2 rings (SSSR count). The molecule has 0 fully saturated rings. The summed E-state index contributed by atoms with van der Waals surface area (Å²) >= 11 is 5.84. The van der Waals surface area contributed by atoms with E-state index in [1.54, 1.807) is 0 Å². The Balaban J connectivity index is 2.24. The van der Waals surface area contributed by atoms with E-state index in [-0.39, 0.29) is 28.5 Å². The molecule has 0 aliphatic carbocycles. The molecule has 0 aliphatic heterocycles. The first-order valence-corrected chi connectivity index (χ1v) is 6.07. The second-order valence-electron chi connectivity index (χ2n) is 4.14. The van der Waals surface area contributed by atoms with Crippen molar-refractivity contribution in [3.8, 4) is 0 Å². The van der Waals surface area contributed by atoms with Gasteiger partial charge >= 0.3 is 0 Å². The Hall–Kier alpha value is -2.27. The summed E-state index contributed by atoms with van der Waals surface area (Å²) in [6.07, 6.45) is -0.0414. The van der Waals surface area contributed by atoms with Gasteiger partial charge in [0.2, 0.25) is 0 Å². The number of benzene rings is 2. The summed E-state index contributed by atoms with van der Waals surface area (Å²) < 4.78 is 12.9. The third-order valence-corrected chi connectivity index (χ3v) is 3.10. The molecule has 0 heterocycles. The molecule has 0 amide bonds. The zero-order chi connectivity index (χ0) is 14.7. The summed E-state index contributed by atoms with van der Waals surface area (Å²) in [4.78, 5) is 22.1. The second-order valence-corrected chi connectivity index (χ2v) is 4.55. The number of carbonyl (C=O) groups excluding carboxylic acids is 1. The van der Waals surface area contributed by atoms with E-state index < -0.39 is 10.7 Å². The molecule has 0 saturated heterocycles. The number of nitro groups is 1. The van der Waals surface area contributed by atoms with Gasteiger partial charge in [-0.25, -0.2) is 4.39 Å². The Morgan fingerprint density at radius 2 is 2.00 bits per heavy atom. The van der Waals surface area contributed by atoms with Crippen LogP contribution in [0.1, 0.15) is 15.9 Å². The van der Waals surface area contributed by atoms with Gasteiger partial charge in [-0.1, -0.05) is 29.8 Å². The van der Waals surface area contributed by atoms with E-state index in [0.29, 0.717) is 5.56 Å². The molecule has 0 N–H and O–H groups in total. The molecule has 0 radical (unpaired) electrons. The van der Waals surface area contributed by atoms with Crippen LogP contribution in [-0.4, -0.2) is 10.7 Å². The highest BCUT2D eigenvalue weighted by molar-refractivity contribution is 6.31. The lowest BCUT2D eigenvalue weighted by molar-refractivity contribution is -0.384. The van der Waals surface area contributed by atoms with Gasteiger partial charge in [-0.3, -0.25) is 14.9 Å². The molecule has 102 valence electrons. The Labute approximate surface area is 119 Å². The number of non-ortho nitro benzene ring substituents is 1. The van der Waals surface area contributed by atoms with Crippen molar-refractivity contribution < 1.29 is 14.1 Å². The maximum atomic E-state index is 12.9. The summed E-state index contributed by atoms with van der Waals surface area (Å²) in [7, 11) is 0. The van der Waals surface area contributed by atoms with Crippen LogP contribution in [0.25, 0.3) is 0 Å². The molecule has 0 aliphatic rings. The Morgan fingerprint density at radius 1 is 1.25 bits per heavy atom. The van der Waals surface area contributed by atoms with Crippen molar-refractivity contribution in [2.24, 2.45) is 0 Å². The molecule has 20 heavy (non-hydrogen) atoms. The zero-order valence-corrected chi connectivity index (χ0v) is 10.9. The smallest absolute Gasteiger partial charge is 0.270 e. The standard InChI is InChI=1S/C14H9ClFNO3/c15-13-8-11(16)5-4-9(13)7-14(18)10-2-1-3-12(6-10)17(19)20/h1-6,8H,7H2. The molecule has 4 nitrogen and oxygen atoms in total. The van der Waals surface area contributed by atoms with E-state index in [2.05, 4.69) is 0 Å². The number of nitrogens with zero attached hydrogens (tertiary/aromatic N) is 1. The van der Waals surface area contributed by atoms with Crippen molar-refractivity contribution in [1.29, 1.82) is 0 Å². The molecular formula is C14H9ClFNO3. The van der Waals surface area contributed by atoms with Gasteiger partial charge in [0.05, 0.1) is 4.92 Å². The van der Waals surface area contributed by atoms with Gasteiger partial charge in [0, 0.05) is 29.1 Å². The number of Topliss-reactive ketones (excluding diaryl/α,β-unsaturated/α-hetero) is 1. The van der Waals surface area contributed by atoms with Crippen LogP contribution in [0.3, 0.4) is 0 Å². The largest absolute Gasteiger partial charge is 0.294 e. The minimum absolute atomic E-state index is 0.0414. The van der Waals surface area contributed by atoms with E-state index in [9.17, 15) is 19.3 Å². The van der Waals surface area contributed by atoms with E-state index in [0.717, 1.165) is 6.07 Å². The van der Waals surface area contributed by atoms with E-state index in [1.807, 2.05) is 0 Å². The molecule has 6 heteroatoms. The van der Waals surface area contributed by atoms with E-state index in [1.165, 1.54) is 36.4 Å². The number of halogens is 2. The predicted octanol–water partition coefficient (Wildman–Crippen LogP) is 3.81. The summed E-state index contributed by atoms with van der Waals surface area (Å²) in [5.74, 6) is -0.802. The van der Waals surface area contributed by atoms with Gasteiger partial charge in [-0.2, -0.15) is 0 Å². The lowest BCUT2D eigenvalue weighted by atomic mass is 10.0. The van der Waals surface area contributed by atoms with Gasteiger partial charge in [-0.15, -0.1) is 0 Å². The lowest BCUT2D eigenvalue weighted by Crippen LogP contribution is -2.04. The molecule has 0 spiro atoms. The molecular weight excluding hydrogens is 285 g/mol. The maximum absolute atomic E-state index is 12.9. The first-order chi connectivity index (χ1) is 9.47. The molecule has 2 aromatic rings. The first-order valence-electron chi connectivity index (χ1n) is 5.69. The van der Waals surface area contributed by atoms with Gasteiger partial charge < -0.3 is 0 Å². The van der Waals surface area contributed by atoms with Crippen LogP contribution in [0.15, 0.2) is 42.5 Å². The van der Waals surface area contributed by atoms with Crippen LogP contribution < -0.4 is 0 Å². The summed E-state index contributed by atoms with van der Waals surface area (Å²) in [5.41, 5.74) is 0.546. The minimum atomic E-state index is -0.568. The molecule has 2 aromatic carbocycles. The topological polar surface area (TPSA) is 60.2 Å². The maximum Gasteiger partial charge on any atom is 0.270 e. The van der Waals surface area contributed by atoms with Gasteiger partial charge in [0.15, 0.2) is 5.78 Å². The molecule has 0 saturated carbocycles. The number of hydrogen-bond donors (Lipinski definition) is 0. The molecule has 0 unspecified atom stereocenters. The van der Waals surface area contributed by atoms with E-state index in [4.69, 9.17) is 11.6 Å². The Bertz CT molecular complexity index is 688. The summed E-state index contributed by atoms with van der Waals surface area (Å²) in [6, 6.07) is 9.21. The van der Waals surface area contributed by atoms with Gasteiger partial charge in [0.25, 0.3) is 5.69 Å². The third kappa shape index (κ3) is 3.19. The fraction of sp³-hybridized carbons (Fsp3) is 0.0714. The highest BCUT2D eigenvalue weighted by Gasteiger charge is 2.13. The average molecular weight is 294 g/mol. The monoisotopic (exact) mass is 293 g/mol. The normalized spacial score (nSPS) is 10.3. The zero-order valence-electron chi connectivity index (χ0n) is 10.2. The van der Waals surface area contributed by atoms with Crippen molar-refractivity contribution in [2.45, 2.75) is 6.42 Å². The second kappa shape index (κ2) is 5.79. The van der Waals surface area contributed by atoms with Crippen LogP contribution in [0.2, 0.25) is 5.02 Å². The average Bonchev–Trinajstić information content (AvgIpc) is 2.42. The number of hydrogen-bond acceptors (Lipinski definition) is 3. The summed E-state index contributed by atoms with van der Waals surface area (Å²) in [5, 5.41) is 10.8. The van der Waals surface area contributed by atoms with Crippen molar-refractivity contribution >= 4 is 23.1 Å². The third-order valence-electron chi connectivity index (χ3n) is 2.75. The fourth-order valence-corrected chi connectivity index (χ4v) is 1.97. The van der Waals surface area contributed by atoms with Crippen molar-refractivity contribution in [3.63, 3.8) is 0 Å². The SMILES string of the molecule is O=C(Cc1ccc(F)cc1Cl)c1cccc([N+](=O)[O-])c1. The van der Waals surface area contributed by atoms with Gasteiger partial charge in [-0.05, 0) is 17.7 Å². The molecule has 0 bridgehead atoms. The van der Waals surface area contributed by atoms with Gasteiger partial charge in [0.1, 0.15) is 5.82 Å². The Kier molecular flexibility index (Phi) is 4.10. The lowest BCUT2D eigenvalue weighted by Gasteiger charge is -2.04. The van der Waals surface area contributed by atoms with E-state index >= 15 is 0 Å². The quantitative estimate of drug-likeness (QED) is 0.489. The Morgan fingerprint density at radius 3 is 2.65 bits per heavy atom. The van der Waals surface area contributed by atoms with Crippen molar-refractivity contribution in [3.05, 3.63) is 74.5 Å². The van der Waals surface area contributed by atoms with Crippen LogP contribution in [0.4, 0.5) is 10.1 Å². The minimum Gasteiger partial charge on any atom is -0.294 e. The number of ketones is 1. The summed E-state index contributed by atoms with van der Waals surface area (Å²) in [6.45, 7) is 0. The first kappa shape index (κ1) is 14.1. The molecule has 0 atom stereocenters. The number of rotatable bonds is 4. The highest BCUT2D eigenvalue weighted by Crippen LogP contribution is 2.20. The van der Waals surface area contributed by atoms with Crippen LogP contribution in [-0.2, 0) is 6.42 Å². The van der Waals surface area contributed by atoms with Crippen LogP contribution >= 0.6 is 11.6 Å². The van der Waals surface area contributed by atoms with Crippen molar-refractivity contribution in [1.82, 2.24) is 0 Å². The fourth-order valence-electron chi connectivity index (χ4n) is 1.73. The molecule has 0 aromatic heterocycles.